The van der Waals surface area contributed by atoms with Gasteiger partial charge in [-0.15, -0.1) is 5.10 Å². The van der Waals surface area contributed by atoms with Gasteiger partial charge in [-0.05, 0) is 52.9 Å². The first kappa shape index (κ1) is 24.7. The minimum absolute atomic E-state index is 0.0705. The zero-order valence-electron chi connectivity index (χ0n) is 20.3. The van der Waals surface area contributed by atoms with Gasteiger partial charge in [0.15, 0.2) is 12.0 Å². The first-order valence-electron chi connectivity index (χ1n) is 12.2. The van der Waals surface area contributed by atoms with Crippen LogP contribution in [0.4, 0.5) is 4.39 Å². The number of carboxylic acids is 1. The standard InChI is InChI=1S/C27H21ClFN7O3/c28-21-7-9-23(35-15-30-32-33-35)25(26(21)29)17-6-8-22(36(39)14-17)24(11-18-10-20(18)27(37)38)34-13-19(12-31-34)16-4-2-1-3-5-16/h1-9,12-15,18,20,24H,10-11H2,(H,37,38)/t18-,20+,24?/m0/s1. The molecule has 0 saturated heterocycles. The van der Waals surface area contributed by atoms with Gasteiger partial charge in [0.05, 0.1) is 34.0 Å². The van der Waals surface area contributed by atoms with Crippen LogP contribution in [0.5, 0.6) is 0 Å². The number of tetrazole rings is 1. The van der Waals surface area contributed by atoms with Gasteiger partial charge in [0.2, 0.25) is 5.69 Å². The normalized spacial score (nSPS) is 17.2. The van der Waals surface area contributed by atoms with E-state index in [1.54, 1.807) is 29.1 Å². The van der Waals surface area contributed by atoms with Crippen molar-refractivity contribution in [3.63, 3.8) is 0 Å². The molecule has 196 valence electrons. The lowest BCUT2D eigenvalue weighted by Crippen LogP contribution is -2.35. The Bertz CT molecular complexity index is 1660. The summed E-state index contributed by atoms with van der Waals surface area (Å²) >= 11 is 6.07. The molecule has 3 aromatic heterocycles. The van der Waals surface area contributed by atoms with Crippen LogP contribution in [0.15, 0.2) is 79.5 Å². The molecule has 5 aromatic rings. The van der Waals surface area contributed by atoms with Crippen molar-refractivity contribution < 1.29 is 19.0 Å². The number of carbonyl (C=O) groups is 1. The number of halogens is 2. The van der Waals surface area contributed by atoms with Gasteiger partial charge in [-0.25, -0.2) is 4.39 Å². The fraction of sp³-hybridized carbons (Fsp3) is 0.185. The van der Waals surface area contributed by atoms with Crippen molar-refractivity contribution in [1.29, 1.82) is 0 Å². The van der Waals surface area contributed by atoms with E-state index in [0.29, 0.717) is 29.0 Å². The zero-order chi connectivity index (χ0) is 27.1. The molecule has 3 atom stereocenters. The van der Waals surface area contributed by atoms with Gasteiger partial charge in [-0.1, -0.05) is 41.9 Å². The van der Waals surface area contributed by atoms with Crippen LogP contribution in [0.3, 0.4) is 0 Å². The Balaban J connectivity index is 1.40. The van der Waals surface area contributed by atoms with Gasteiger partial charge in [0.25, 0.3) is 0 Å². The van der Waals surface area contributed by atoms with Crippen molar-refractivity contribution in [2.24, 2.45) is 11.8 Å². The average Bonchev–Trinajstić information content (AvgIpc) is 3.29. The maximum Gasteiger partial charge on any atom is 0.306 e. The number of aromatic nitrogens is 7. The predicted molar refractivity (Wildman–Crippen MR) is 138 cm³/mol. The fourth-order valence-corrected chi connectivity index (χ4v) is 5.08. The molecule has 10 nitrogen and oxygen atoms in total. The van der Waals surface area contributed by atoms with Crippen molar-refractivity contribution >= 4 is 17.6 Å². The molecule has 0 radical (unpaired) electrons. The third-order valence-corrected chi connectivity index (χ3v) is 7.33. The van der Waals surface area contributed by atoms with E-state index in [4.69, 9.17) is 11.6 Å². The minimum atomic E-state index is -0.846. The summed E-state index contributed by atoms with van der Waals surface area (Å²) in [4.78, 5) is 11.5. The summed E-state index contributed by atoms with van der Waals surface area (Å²) in [6, 6.07) is 15.4. The Morgan fingerprint density at radius 3 is 2.67 bits per heavy atom. The Morgan fingerprint density at radius 1 is 1.15 bits per heavy atom. The first-order valence-corrected chi connectivity index (χ1v) is 12.6. The summed E-state index contributed by atoms with van der Waals surface area (Å²) in [5, 5.41) is 38.4. The molecule has 2 aromatic carbocycles. The maximum atomic E-state index is 15.3. The van der Waals surface area contributed by atoms with Crippen LogP contribution < -0.4 is 4.73 Å². The lowest BCUT2D eigenvalue weighted by molar-refractivity contribution is -0.615. The zero-order valence-corrected chi connectivity index (χ0v) is 21.1. The molecule has 0 spiro atoms. The van der Waals surface area contributed by atoms with Crippen LogP contribution in [-0.2, 0) is 4.79 Å². The number of nitrogens with zero attached hydrogens (tertiary/aromatic N) is 7. The summed E-state index contributed by atoms with van der Waals surface area (Å²) in [6.45, 7) is 0. The number of rotatable bonds is 8. The molecule has 1 fully saturated rings. The van der Waals surface area contributed by atoms with Crippen LogP contribution in [0, 0.1) is 22.9 Å². The summed E-state index contributed by atoms with van der Waals surface area (Å²) in [5.74, 6) is -2.10. The van der Waals surface area contributed by atoms with E-state index in [-0.39, 0.29) is 22.1 Å². The number of benzene rings is 2. The van der Waals surface area contributed by atoms with Gasteiger partial charge in [0, 0.05) is 17.8 Å². The van der Waals surface area contributed by atoms with E-state index in [1.807, 2.05) is 36.5 Å². The largest absolute Gasteiger partial charge is 0.618 e. The Kier molecular flexibility index (Phi) is 6.27. The molecule has 1 aliphatic carbocycles. The van der Waals surface area contributed by atoms with E-state index in [1.165, 1.54) is 23.3 Å². The molecule has 6 rings (SSSR count). The third kappa shape index (κ3) is 4.72. The maximum absolute atomic E-state index is 15.3. The van der Waals surface area contributed by atoms with Crippen molar-refractivity contribution in [2.75, 3.05) is 0 Å². The molecule has 39 heavy (non-hydrogen) atoms. The van der Waals surface area contributed by atoms with E-state index in [2.05, 4.69) is 20.6 Å². The van der Waals surface area contributed by atoms with Crippen molar-refractivity contribution in [2.45, 2.75) is 18.9 Å². The summed E-state index contributed by atoms with van der Waals surface area (Å²) < 4.78 is 18.9. The molecular weight excluding hydrogens is 525 g/mol. The minimum Gasteiger partial charge on any atom is -0.618 e. The summed E-state index contributed by atoms with van der Waals surface area (Å²) in [6.07, 6.45) is 7.10. The molecule has 0 aliphatic heterocycles. The fourth-order valence-electron chi connectivity index (χ4n) is 4.93. The van der Waals surface area contributed by atoms with E-state index in [0.717, 1.165) is 11.1 Å². The quantitative estimate of drug-likeness (QED) is 0.227. The average molecular weight is 546 g/mol. The Morgan fingerprint density at radius 2 is 1.97 bits per heavy atom. The van der Waals surface area contributed by atoms with Crippen molar-refractivity contribution in [3.05, 3.63) is 101 Å². The Labute approximate surface area is 226 Å². The number of hydrogen-bond donors (Lipinski definition) is 1. The van der Waals surface area contributed by atoms with Crippen molar-refractivity contribution in [3.8, 4) is 27.9 Å². The molecule has 1 aliphatic rings. The number of carboxylic acid groups (broad SMARTS) is 1. The summed E-state index contributed by atoms with van der Waals surface area (Å²) in [5.41, 5.74) is 2.85. The second-order valence-corrected chi connectivity index (χ2v) is 9.85. The van der Waals surface area contributed by atoms with Gasteiger partial charge in [0.1, 0.15) is 12.4 Å². The van der Waals surface area contributed by atoms with Crippen LogP contribution in [0.1, 0.15) is 24.6 Å². The molecule has 12 heteroatoms. The topological polar surface area (TPSA) is 126 Å². The van der Waals surface area contributed by atoms with Crippen molar-refractivity contribution in [1.82, 2.24) is 30.0 Å². The highest BCUT2D eigenvalue weighted by molar-refractivity contribution is 6.31. The molecule has 3 heterocycles. The highest BCUT2D eigenvalue weighted by Crippen LogP contribution is 2.45. The predicted octanol–water partition coefficient (Wildman–Crippen LogP) is 4.32. The molecule has 0 bridgehead atoms. The molecule has 1 N–H and O–H groups in total. The van der Waals surface area contributed by atoms with Crippen LogP contribution >= 0.6 is 11.6 Å². The first-order chi connectivity index (χ1) is 18.9. The highest BCUT2D eigenvalue weighted by atomic mass is 35.5. The lowest BCUT2D eigenvalue weighted by atomic mass is 10.0. The third-order valence-electron chi connectivity index (χ3n) is 7.04. The summed E-state index contributed by atoms with van der Waals surface area (Å²) in [7, 11) is 0. The smallest absolute Gasteiger partial charge is 0.306 e. The van der Waals surface area contributed by atoms with Crippen LogP contribution in [0.25, 0.3) is 27.9 Å². The van der Waals surface area contributed by atoms with Gasteiger partial charge < -0.3 is 10.3 Å². The van der Waals surface area contributed by atoms with Gasteiger partial charge in [-0.2, -0.15) is 14.5 Å². The molecule has 1 unspecified atom stereocenters. The number of pyridine rings is 1. The van der Waals surface area contributed by atoms with E-state index < -0.39 is 23.7 Å². The van der Waals surface area contributed by atoms with Gasteiger partial charge in [-0.3, -0.25) is 9.48 Å². The lowest BCUT2D eigenvalue weighted by Gasteiger charge is -2.18. The van der Waals surface area contributed by atoms with Crippen LogP contribution in [0.2, 0.25) is 5.02 Å². The van der Waals surface area contributed by atoms with Crippen LogP contribution in [-0.4, -0.2) is 41.1 Å². The SMILES string of the molecule is O=C(O)[C@@H]1C[C@H]1CC(c1ccc(-c2c(-n3cnnn3)ccc(Cl)c2F)c[n+]1[O-])n1cc(-c2ccccc2)cn1. The van der Waals surface area contributed by atoms with E-state index >= 15 is 4.39 Å². The number of hydrogen-bond acceptors (Lipinski definition) is 6. The number of aliphatic carboxylic acids is 1. The Hall–Kier alpha value is -4.64. The second-order valence-electron chi connectivity index (χ2n) is 9.45. The molecule has 0 amide bonds. The van der Waals surface area contributed by atoms with Gasteiger partial charge >= 0.3 is 5.97 Å². The molecular formula is C27H21ClFN7O3. The monoisotopic (exact) mass is 545 g/mol. The highest BCUT2D eigenvalue weighted by Gasteiger charge is 2.45. The second kappa shape index (κ2) is 9.91. The molecule has 1 saturated carbocycles. The van der Waals surface area contributed by atoms with E-state index in [9.17, 15) is 15.1 Å².